The largest absolute Gasteiger partial charge is 0.271 e. The first kappa shape index (κ1) is 13.6. The third kappa shape index (κ3) is 3.36. The first-order chi connectivity index (χ1) is 9.24. The molecule has 0 aliphatic rings. The molecule has 2 aromatic heterocycles. The van der Waals surface area contributed by atoms with Crippen LogP contribution in [-0.4, -0.2) is 19.7 Å². The van der Waals surface area contributed by atoms with E-state index < -0.39 is 0 Å². The van der Waals surface area contributed by atoms with E-state index in [9.17, 15) is 0 Å². The lowest BCUT2D eigenvalue weighted by Crippen LogP contribution is -2.30. The van der Waals surface area contributed by atoms with E-state index in [4.69, 9.17) is 5.84 Å². The average molecular weight is 260 g/mol. The van der Waals surface area contributed by atoms with Crippen molar-refractivity contribution in [1.29, 1.82) is 0 Å². The summed E-state index contributed by atoms with van der Waals surface area (Å²) >= 11 is 0. The average Bonchev–Trinajstić information content (AvgIpc) is 2.84. The zero-order chi connectivity index (χ0) is 13.7. The Balaban J connectivity index is 2.17. The first-order valence-electron chi connectivity index (χ1n) is 6.49. The van der Waals surface area contributed by atoms with Crippen LogP contribution in [0.2, 0.25) is 0 Å². The van der Waals surface area contributed by atoms with Crippen LogP contribution in [0, 0.1) is 6.92 Å². The Morgan fingerprint density at radius 2 is 2.26 bits per heavy atom. The Hall–Kier alpha value is -1.79. The highest BCUT2D eigenvalue weighted by atomic mass is 15.3. The molecule has 0 amide bonds. The lowest BCUT2D eigenvalue weighted by Gasteiger charge is -2.16. The van der Waals surface area contributed by atoms with Gasteiger partial charge in [-0.1, -0.05) is 13.0 Å². The van der Waals surface area contributed by atoms with Gasteiger partial charge >= 0.3 is 0 Å². The zero-order valence-corrected chi connectivity index (χ0v) is 11.4. The molecule has 102 valence electrons. The van der Waals surface area contributed by atoms with Crippen LogP contribution < -0.4 is 11.3 Å². The van der Waals surface area contributed by atoms with Crippen molar-refractivity contribution in [3.8, 4) is 0 Å². The molecule has 0 bridgehead atoms. The van der Waals surface area contributed by atoms with Crippen molar-refractivity contribution in [3.63, 3.8) is 0 Å². The number of nitrogens with one attached hydrogen (secondary N) is 1. The molecule has 3 N–H and O–H groups in total. The van der Waals surface area contributed by atoms with Crippen molar-refractivity contribution in [2.75, 3.05) is 0 Å². The molecule has 0 saturated heterocycles. The molecule has 6 heteroatoms. The van der Waals surface area contributed by atoms with Crippen molar-refractivity contribution < 1.29 is 0 Å². The summed E-state index contributed by atoms with van der Waals surface area (Å²) < 4.78 is 1.92. The Kier molecular flexibility index (Phi) is 4.59. The van der Waals surface area contributed by atoms with E-state index in [1.807, 2.05) is 24.0 Å². The fourth-order valence-electron chi connectivity index (χ4n) is 2.07. The Bertz CT molecular complexity index is 521. The third-order valence-corrected chi connectivity index (χ3v) is 3.02. The van der Waals surface area contributed by atoms with Gasteiger partial charge in [0.15, 0.2) is 0 Å². The third-order valence-electron chi connectivity index (χ3n) is 3.02. The molecular weight excluding hydrogens is 240 g/mol. The van der Waals surface area contributed by atoms with Gasteiger partial charge in [0, 0.05) is 25.4 Å². The number of rotatable bonds is 6. The lowest BCUT2D eigenvalue weighted by atomic mass is 10.0. The van der Waals surface area contributed by atoms with Gasteiger partial charge in [-0.15, -0.1) is 0 Å². The molecule has 0 radical (unpaired) electrons. The van der Waals surface area contributed by atoms with E-state index in [1.54, 1.807) is 6.33 Å². The zero-order valence-electron chi connectivity index (χ0n) is 11.4. The molecule has 0 spiro atoms. The molecule has 2 heterocycles. The Morgan fingerprint density at radius 1 is 1.42 bits per heavy atom. The van der Waals surface area contributed by atoms with Gasteiger partial charge < -0.3 is 0 Å². The van der Waals surface area contributed by atoms with Gasteiger partial charge in [-0.2, -0.15) is 5.10 Å². The fourth-order valence-corrected chi connectivity index (χ4v) is 2.07. The molecule has 0 aliphatic heterocycles. The van der Waals surface area contributed by atoms with E-state index in [1.165, 1.54) is 0 Å². The number of hydrazine groups is 1. The highest BCUT2D eigenvalue weighted by Crippen LogP contribution is 2.16. The number of nitrogens with two attached hydrogens (primary N) is 1. The van der Waals surface area contributed by atoms with E-state index in [0.29, 0.717) is 6.42 Å². The van der Waals surface area contributed by atoms with Crippen LogP contribution in [0.25, 0.3) is 0 Å². The lowest BCUT2D eigenvalue weighted by molar-refractivity contribution is 0.498. The normalized spacial score (nSPS) is 12.6. The fraction of sp³-hybridized carbons (Fsp3) is 0.462. The van der Waals surface area contributed by atoms with Gasteiger partial charge in [0.2, 0.25) is 0 Å². The molecule has 0 aliphatic carbocycles. The number of hydrogen-bond acceptors (Lipinski definition) is 5. The van der Waals surface area contributed by atoms with Crippen LogP contribution in [0.4, 0.5) is 0 Å². The summed E-state index contributed by atoms with van der Waals surface area (Å²) in [5, 5.41) is 4.23. The van der Waals surface area contributed by atoms with Crippen LogP contribution in [0.5, 0.6) is 0 Å². The smallest absolute Gasteiger partial charge is 0.138 e. The molecule has 2 aromatic rings. The summed E-state index contributed by atoms with van der Waals surface area (Å²) in [7, 11) is 0. The minimum absolute atomic E-state index is 0.00722. The van der Waals surface area contributed by atoms with Crippen molar-refractivity contribution in [2.24, 2.45) is 5.84 Å². The van der Waals surface area contributed by atoms with Gasteiger partial charge in [-0.05, 0) is 24.5 Å². The van der Waals surface area contributed by atoms with Crippen LogP contribution >= 0.6 is 0 Å². The molecule has 1 atom stereocenters. The second kappa shape index (κ2) is 6.40. The van der Waals surface area contributed by atoms with E-state index in [-0.39, 0.29) is 6.04 Å². The summed E-state index contributed by atoms with van der Waals surface area (Å²) in [5.41, 5.74) is 5.01. The van der Waals surface area contributed by atoms with Crippen molar-refractivity contribution in [1.82, 2.24) is 25.2 Å². The second-order valence-corrected chi connectivity index (χ2v) is 4.62. The maximum absolute atomic E-state index is 5.66. The Morgan fingerprint density at radius 3 is 2.95 bits per heavy atom. The van der Waals surface area contributed by atoms with Crippen molar-refractivity contribution in [2.45, 2.75) is 39.3 Å². The van der Waals surface area contributed by atoms with Gasteiger partial charge in [-0.25, -0.2) is 4.98 Å². The topological polar surface area (TPSA) is 81.7 Å². The van der Waals surface area contributed by atoms with Gasteiger partial charge in [-0.3, -0.25) is 20.9 Å². The molecular formula is C13H20N6. The van der Waals surface area contributed by atoms with E-state index in [2.05, 4.69) is 33.5 Å². The maximum Gasteiger partial charge on any atom is 0.138 e. The standard InChI is InChI=1S/C13H20N6/c1-3-4-19-13(16-9-17-19)6-12(18-14)11-5-10(2)7-15-8-11/h5,7-9,12,18H,3-4,6,14H2,1-2H3. The minimum atomic E-state index is -0.00722. The molecule has 0 aromatic carbocycles. The van der Waals surface area contributed by atoms with E-state index >= 15 is 0 Å². The van der Waals surface area contributed by atoms with Gasteiger partial charge in [0.05, 0.1) is 6.04 Å². The van der Waals surface area contributed by atoms with E-state index in [0.717, 1.165) is 29.9 Å². The SMILES string of the molecule is CCCn1ncnc1CC(NN)c1cncc(C)c1. The molecule has 0 fully saturated rings. The van der Waals surface area contributed by atoms with Crippen LogP contribution in [0.15, 0.2) is 24.8 Å². The number of pyridine rings is 1. The summed E-state index contributed by atoms with van der Waals surface area (Å²) in [6, 6.07) is 2.07. The number of aromatic nitrogens is 4. The predicted octanol–water partition coefficient (Wildman–Crippen LogP) is 1.14. The first-order valence-corrected chi connectivity index (χ1v) is 6.49. The van der Waals surface area contributed by atoms with Gasteiger partial charge in [0.1, 0.15) is 12.2 Å². The summed E-state index contributed by atoms with van der Waals surface area (Å²) in [6.07, 6.45) is 6.98. The monoisotopic (exact) mass is 260 g/mol. The summed E-state index contributed by atoms with van der Waals surface area (Å²) in [6.45, 7) is 5.01. The predicted molar refractivity (Wildman–Crippen MR) is 73.1 cm³/mol. The molecule has 2 rings (SSSR count). The van der Waals surface area contributed by atoms with Crippen LogP contribution in [0.3, 0.4) is 0 Å². The molecule has 0 saturated carbocycles. The van der Waals surface area contributed by atoms with Crippen molar-refractivity contribution in [3.05, 3.63) is 41.7 Å². The van der Waals surface area contributed by atoms with Crippen molar-refractivity contribution >= 4 is 0 Å². The number of hydrogen-bond donors (Lipinski definition) is 2. The number of aryl methyl sites for hydroxylation is 2. The highest BCUT2D eigenvalue weighted by Gasteiger charge is 2.15. The summed E-state index contributed by atoms with van der Waals surface area (Å²) in [5.74, 6) is 6.60. The maximum atomic E-state index is 5.66. The minimum Gasteiger partial charge on any atom is -0.271 e. The molecule has 6 nitrogen and oxygen atoms in total. The number of nitrogens with zero attached hydrogens (tertiary/aromatic N) is 4. The van der Waals surface area contributed by atoms with Gasteiger partial charge in [0.25, 0.3) is 0 Å². The highest BCUT2D eigenvalue weighted by molar-refractivity contribution is 5.21. The van der Waals surface area contributed by atoms with Crippen LogP contribution in [0.1, 0.15) is 36.3 Å². The summed E-state index contributed by atoms with van der Waals surface area (Å²) in [4.78, 5) is 8.51. The molecule has 19 heavy (non-hydrogen) atoms. The quantitative estimate of drug-likeness (QED) is 0.601. The van der Waals surface area contributed by atoms with Crippen LogP contribution in [-0.2, 0) is 13.0 Å². The molecule has 1 unspecified atom stereocenters. The second-order valence-electron chi connectivity index (χ2n) is 4.62. The Labute approximate surface area is 113 Å².